The third kappa shape index (κ3) is 5.23. The van der Waals surface area contributed by atoms with Gasteiger partial charge in [0.1, 0.15) is 11.6 Å². The van der Waals surface area contributed by atoms with Gasteiger partial charge in [0, 0.05) is 38.3 Å². The Labute approximate surface area is 222 Å². The molecule has 1 aromatic heterocycles. The fraction of sp³-hybridized carbons (Fsp3) is 0.643. The predicted molar refractivity (Wildman–Crippen MR) is 144 cm³/mol. The first-order valence-electron chi connectivity index (χ1n) is 13.8. The van der Waals surface area contributed by atoms with Crippen molar-refractivity contribution in [2.75, 3.05) is 31.1 Å². The molecular weight excluding hydrogens is 486 g/mol. The van der Waals surface area contributed by atoms with Gasteiger partial charge in [-0.3, -0.25) is 28.8 Å². The number of imide groups is 1. The molecule has 3 aliphatic heterocycles. The van der Waals surface area contributed by atoms with Gasteiger partial charge in [-0.1, -0.05) is 0 Å². The van der Waals surface area contributed by atoms with Crippen molar-refractivity contribution in [2.24, 2.45) is 13.0 Å². The minimum atomic E-state index is -0.676. The second-order valence-corrected chi connectivity index (χ2v) is 11.9. The van der Waals surface area contributed by atoms with Gasteiger partial charge in [0.15, 0.2) is 0 Å². The van der Waals surface area contributed by atoms with Gasteiger partial charge >= 0.3 is 11.7 Å². The maximum Gasteiger partial charge on any atom is 0.329 e. The molecule has 3 aliphatic rings. The number of hydrogen-bond acceptors (Lipinski definition) is 7. The number of amides is 2. The topological polar surface area (TPSA) is 106 Å². The number of aryl methyl sites for hydroxylation is 1. The van der Waals surface area contributed by atoms with Gasteiger partial charge in [-0.05, 0) is 84.2 Å². The van der Waals surface area contributed by atoms with Crippen LogP contribution in [0.25, 0.3) is 11.0 Å². The Balaban J connectivity index is 1.22. The van der Waals surface area contributed by atoms with Crippen LogP contribution >= 0.6 is 0 Å². The van der Waals surface area contributed by atoms with Crippen LogP contribution in [0.5, 0.6) is 0 Å². The van der Waals surface area contributed by atoms with Crippen LogP contribution in [0.15, 0.2) is 23.0 Å². The van der Waals surface area contributed by atoms with E-state index in [1.165, 1.54) is 4.57 Å². The van der Waals surface area contributed by atoms with Crippen LogP contribution in [0.3, 0.4) is 0 Å². The third-order valence-corrected chi connectivity index (χ3v) is 8.21. The van der Waals surface area contributed by atoms with E-state index >= 15 is 0 Å². The Morgan fingerprint density at radius 2 is 1.63 bits per heavy atom. The number of nitrogens with one attached hydrogen (secondary N) is 1. The number of likely N-dealkylation sites (tertiary alicyclic amines) is 1. The van der Waals surface area contributed by atoms with Crippen molar-refractivity contribution in [2.45, 2.75) is 77.0 Å². The summed E-state index contributed by atoms with van der Waals surface area (Å²) in [5.74, 6) is -0.783. The molecule has 2 aromatic rings. The number of nitrogens with zero attached hydrogens (tertiary/aromatic N) is 4. The van der Waals surface area contributed by atoms with E-state index in [0.717, 1.165) is 63.1 Å². The Bertz CT molecular complexity index is 1290. The maximum absolute atomic E-state index is 13.1. The van der Waals surface area contributed by atoms with E-state index < -0.39 is 17.6 Å². The molecule has 3 fully saturated rings. The highest BCUT2D eigenvalue weighted by Gasteiger charge is 2.34. The van der Waals surface area contributed by atoms with Crippen molar-refractivity contribution < 1.29 is 19.1 Å². The van der Waals surface area contributed by atoms with Crippen molar-refractivity contribution >= 4 is 34.5 Å². The lowest BCUT2D eigenvalue weighted by Gasteiger charge is -2.42. The highest BCUT2D eigenvalue weighted by Crippen LogP contribution is 2.30. The van der Waals surface area contributed by atoms with Crippen molar-refractivity contribution in [3.05, 3.63) is 28.7 Å². The quantitative estimate of drug-likeness (QED) is 0.483. The molecule has 10 heteroatoms. The minimum absolute atomic E-state index is 0.00332. The number of esters is 1. The molecule has 206 valence electrons. The number of carbonyl (C=O) groups is 3. The van der Waals surface area contributed by atoms with Gasteiger partial charge in [-0.25, -0.2) is 4.79 Å². The lowest BCUT2D eigenvalue weighted by molar-refractivity contribution is -0.161. The number of fused-ring (bicyclic) bond motifs is 1. The number of benzene rings is 1. The molecule has 1 N–H and O–H groups in total. The molecule has 10 nitrogen and oxygen atoms in total. The molecule has 0 spiro atoms. The number of piperidine rings is 3. The number of hydrogen-bond donors (Lipinski definition) is 1. The highest BCUT2D eigenvalue weighted by atomic mass is 16.6. The number of imidazole rings is 1. The van der Waals surface area contributed by atoms with E-state index in [-0.39, 0.29) is 29.9 Å². The fourth-order valence-corrected chi connectivity index (χ4v) is 6.15. The van der Waals surface area contributed by atoms with Gasteiger partial charge in [0.25, 0.3) is 0 Å². The molecule has 38 heavy (non-hydrogen) atoms. The van der Waals surface area contributed by atoms with Gasteiger partial charge < -0.3 is 14.5 Å². The van der Waals surface area contributed by atoms with E-state index in [1.807, 2.05) is 39.0 Å². The highest BCUT2D eigenvalue weighted by molar-refractivity contribution is 6.00. The number of aromatic nitrogens is 2. The number of rotatable bonds is 4. The fourth-order valence-electron chi connectivity index (χ4n) is 6.15. The summed E-state index contributed by atoms with van der Waals surface area (Å²) >= 11 is 0. The van der Waals surface area contributed by atoms with Crippen LogP contribution in [0.1, 0.15) is 65.3 Å². The molecule has 0 saturated carbocycles. The van der Waals surface area contributed by atoms with Crippen molar-refractivity contribution in [1.82, 2.24) is 19.4 Å². The van der Waals surface area contributed by atoms with Gasteiger partial charge in [-0.2, -0.15) is 0 Å². The Kier molecular flexibility index (Phi) is 7.11. The number of ether oxygens (including phenoxy) is 1. The smallest absolute Gasteiger partial charge is 0.329 e. The van der Waals surface area contributed by atoms with E-state index in [0.29, 0.717) is 18.0 Å². The van der Waals surface area contributed by atoms with Crippen molar-refractivity contribution in [3.8, 4) is 0 Å². The molecule has 4 heterocycles. The Hall–Kier alpha value is -3.14. The summed E-state index contributed by atoms with van der Waals surface area (Å²) in [7, 11) is 1.73. The summed E-state index contributed by atoms with van der Waals surface area (Å²) in [6, 6.07) is 5.81. The van der Waals surface area contributed by atoms with Crippen LogP contribution < -0.4 is 15.9 Å². The van der Waals surface area contributed by atoms with Gasteiger partial charge in [-0.15, -0.1) is 0 Å². The zero-order chi connectivity index (χ0) is 27.2. The lowest BCUT2D eigenvalue weighted by atomic mass is 9.93. The average Bonchev–Trinajstić information content (AvgIpc) is 3.12. The molecule has 2 amide bonds. The monoisotopic (exact) mass is 525 g/mol. The summed E-state index contributed by atoms with van der Waals surface area (Å²) in [5.41, 5.74) is 1.86. The zero-order valence-electron chi connectivity index (χ0n) is 22.9. The van der Waals surface area contributed by atoms with Gasteiger partial charge in [0.2, 0.25) is 11.8 Å². The van der Waals surface area contributed by atoms with E-state index in [2.05, 4.69) is 15.1 Å². The summed E-state index contributed by atoms with van der Waals surface area (Å²) < 4.78 is 8.70. The molecule has 1 unspecified atom stereocenters. The van der Waals surface area contributed by atoms with Gasteiger partial charge in [0.05, 0.1) is 17.0 Å². The average molecular weight is 526 g/mol. The number of anilines is 1. The molecule has 3 saturated heterocycles. The SMILES string of the molecule is Cn1c(=O)n(C2CCC(=O)NC2=O)c2ccc(N3CCC(N4CCC(C(=O)OC(C)(C)C)CC4)CC3)cc21. The summed E-state index contributed by atoms with van der Waals surface area (Å²) in [5, 5.41) is 2.36. The molecule has 5 rings (SSSR count). The summed E-state index contributed by atoms with van der Waals surface area (Å²) in [6.07, 6.45) is 4.35. The minimum Gasteiger partial charge on any atom is -0.460 e. The molecule has 0 bridgehead atoms. The van der Waals surface area contributed by atoms with Crippen molar-refractivity contribution in [3.63, 3.8) is 0 Å². The molecule has 1 atom stereocenters. The molecule has 0 aliphatic carbocycles. The van der Waals surface area contributed by atoms with E-state index in [4.69, 9.17) is 4.74 Å². The van der Waals surface area contributed by atoms with Crippen molar-refractivity contribution in [1.29, 1.82) is 0 Å². The van der Waals surface area contributed by atoms with Crippen LogP contribution in [0.2, 0.25) is 0 Å². The van der Waals surface area contributed by atoms with Crippen LogP contribution in [0.4, 0.5) is 5.69 Å². The Morgan fingerprint density at radius 3 is 2.26 bits per heavy atom. The summed E-state index contributed by atoms with van der Waals surface area (Å²) in [4.78, 5) is 54.4. The first-order valence-corrected chi connectivity index (χ1v) is 13.8. The molecule has 0 radical (unpaired) electrons. The van der Waals surface area contributed by atoms with E-state index in [9.17, 15) is 19.2 Å². The first-order chi connectivity index (χ1) is 18.0. The standard InChI is InChI=1S/C28H39N5O5/c1-28(2,3)38-26(36)18-9-13-31(14-10-18)19-11-15-32(16-12-19)20-5-6-21-23(17-20)30(4)27(37)33(21)22-7-8-24(34)29-25(22)35/h5-6,17-19,22H,7-16H2,1-4H3,(H,29,34,35). The van der Waals surface area contributed by atoms with Crippen LogP contribution in [-0.4, -0.2) is 69.6 Å². The normalized spacial score (nSPS) is 22.6. The first kappa shape index (κ1) is 26.5. The molecular formula is C28H39N5O5. The van der Waals surface area contributed by atoms with Crippen LogP contribution in [-0.2, 0) is 26.2 Å². The maximum atomic E-state index is 13.1. The largest absolute Gasteiger partial charge is 0.460 e. The predicted octanol–water partition coefficient (Wildman–Crippen LogP) is 2.34. The van der Waals surface area contributed by atoms with E-state index in [1.54, 1.807) is 11.6 Å². The second kappa shape index (κ2) is 10.2. The third-order valence-electron chi connectivity index (χ3n) is 8.21. The zero-order valence-corrected chi connectivity index (χ0v) is 22.9. The molecule has 1 aromatic carbocycles. The van der Waals surface area contributed by atoms with Crippen LogP contribution in [0, 0.1) is 5.92 Å². The second-order valence-electron chi connectivity index (χ2n) is 11.9. The number of carbonyl (C=O) groups excluding carboxylic acids is 3. The lowest BCUT2D eigenvalue weighted by Crippen LogP contribution is -2.48. The summed E-state index contributed by atoms with van der Waals surface area (Å²) in [6.45, 7) is 9.44. The Morgan fingerprint density at radius 1 is 0.947 bits per heavy atom.